The van der Waals surface area contributed by atoms with Crippen LogP contribution < -0.4 is 14.4 Å². The predicted octanol–water partition coefficient (Wildman–Crippen LogP) is 5.03. The number of carbonyl (C=O) groups is 1. The van der Waals surface area contributed by atoms with Gasteiger partial charge in [0.2, 0.25) is 21.1 Å². The Morgan fingerprint density at radius 2 is 1.57 bits per heavy atom. The summed E-state index contributed by atoms with van der Waals surface area (Å²) in [6, 6.07) is 25.7. The van der Waals surface area contributed by atoms with Crippen LogP contribution in [0.25, 0.3) is 0 Å². The van der Waals surface area contributed by atoms with Gasteiger partial charge in [0.15, 0.2) is 4.34 Å². The molecule has 0 aliphatic carbocycles. The second-order valence-electron chi connectivity index (χ2n) is 7.37. The Morgan fingerprint density at radius 1 is 0.943 bits per heavy atom. The summed E-state index contributed by atoms with van der Waals surface area (Å²) in [7, 11) is -3.72. The van der Waals surface area contributed by atoms with Gasteiger partial charge < -0.3 is 4.74 Å². The van der Waals surface area contributed by atoms with Crippen LogP contribution in [-0.4, -0.2) is 37.3 Å². The van der Waals surface area contributed by atoms with E-state index in [1.54, 1.807) is 24.3 Å². The van der Waals surface area contributed by atoms with Gasteiger partial charge in [-0.05, 0) is 42.0 Å². The van der Waals surface area contributed by atoms with Crippen LogP contribution in [0.4, 0.5) is 10.8 Å². The van der Waals surface area contributed by atoms with Gasteiger partial charge in [-0.15, -0.1) is 10.2 Å². The van der Waals surface area contributed by atoms with Crippen molar-refractivity contribution in [3.05, 3.63) is 90.5 Å². The number of benzene rings is 3. The number of sulfonamides is 1. The highest BCUT2D eigenvalue weighted by molar-refractivity contribution is 8.00. The van der Waals surface area contributed by atoms with Gasteiger partial charge in [-0.25, -0.2) is 8.42 Å². The molecule has 1 aromatic heterocycles. The van der Waals surface area contributed by atoms with Crippen LogP contribution in [0.3, 0.4) is 0 Å². The second-order valence-corrected chi connectivity index (χ2v) is 11.5. The zero-order valence-electron chi connectivity index (χ0n) is 18.7. The Bertz CT molecular complexity index is 1360. The molecule has 0 saturated heterocycles. The maximum Gasteiger partial charge on any atom is 0.246 e. The van der Waals surface area contributed by atoms with Crippen molar-refractivity contribution in [2.45, 2.75) is 10.1 Å². The third kappa shape index (κ3) is 7.28. The molecule has 0 spiro atoms. The number of anilines is 2. The van der Waals surface area contributed by atoms with Crippen molar-refractivity contribution >= 4 is 49.8 Å². The smallest absolute Gasteiger partial charge is 0.246 e. The van der Waals surface area contributed by atoms with Gasteiger partial charge in [0.05, 0.1) is 11.9 Å². The summed E-state index contributed by atoms with van der Waals surface area (Å²) >= 11 is 2.75. The Kier molecular flexibility index (Phi) is 8.01. The van der Waals surface area contributed by atoms with Crippen molar-refractivity contribution in [3.8, 4) is 11.5 Å². The molecule has 3 aromatic carbocycles. The zero-order chi connectivity index (χ0) is 24.7. The number of nitrogens with one attached hydrogen (secondary N) is 1. The predicted molar refractivity (Wildman–Crippen MR) is 140 cm³/mol. The molecule has 0 unspecified atom stereocenters. The summed E-state index contributed by atoms with van der Waals surface area (Å²) in [6.45, 7) is -0.399. The minimum absolute atomic E-state index is 0.311. The molecule has 8 nitrogen and oxygen atoms in total. The fourth-order valence-corrected chi connectivity index (χ4v) is 5.61. The lowest BCUT2D eigenvalue weighted by Gasteiger charge is -2.21. The highest BCUT2D eigenvalue weighted by atomic mass is 32.2. The molecule has 4 aromatic rings. The second kappa shape index (κ2) is 11.3. The third-order valence-electron chi connectivity index (χ3n) is 4.65. The lowest BCUT2D eigenvalue weighted by atomic mass is 10.2. The fourth-order valence-electron chi connectivity index (χ4n) is 3.03. The van der Waals surface area contributed by atoms with Crippen molar-refractivity contribution in [1.29, 1.82) is 0 Å². The van der Waals surface area contributed by atoms with Crippen LogP contribution >= 0.6 is 23.1 Å². The molecule has 0 radical (unpaired) electrons. The first-order chi connectivity index (χ1) is 16.9. The number of amides is 1. The van der Waals surface area contributed by atoms with Crippen molar-refractivity contribution < 1.29 is 17.9 Å². The summed E-state index contributed by atoms with van der Waals surface area (Å²) in [4.78, 5) is 12.6. The van der Waals surface area contributed by atoms with E-state index < -0.39 is 22.5 Å². The molecule has 0 saturated carbocycles. The van der Waals surface area contributed by atoms with Crippen LogP contribution in [0, 0.1) is 0 Å². The molecule has 0 atom stereocenters. The summed E-state index contributed by atoms with van der Waals surface area (Å²) in [6.07, 6.45) is 1.05. The number of rotatable bonds is 10. The topological polar surface area (TPSA) is 101 Å². The van der Waals surface area contributed by atoms with E-state index in [2.05, 4.69) is 15.5 Å². The van der Waals surface area contributed by atoms with E-state index in [9.17, 15) is 13.2 Å². The van der Waals surface area contributed by atoms with Crippen LogP contribution in [0.1, 0.15) is 5.56 Å². The number of carbonyl (C=O) groups excluding carboxylic acids is 1. The molecule has 1 amide bonds. The highest BCUT2D eigenvalue weighted by Gasteiger charge is 2.22. The first-order valence-electron chi connectivity index (χ1n) is 10.5. The average Bonchev–Trinajstić information content (AvgIpc) is 3.30. The SMILES string of the molecule is CS(=O)(=O)N(CC(=O)Nc1nnc(SCc2ccccc2)s1)c1ccc(Oc2ccccc2)cc1. The van der Waals surface area contributed by atoms with Gasteiger partial charge in [0.25, 0.3) is 0 Å². The number of aromatic nitrogens is 2. The molecule has 180 valence electrons. The molecule has 1 heterocycles. The molecular formula is C24H22N4O4S3. The summed E-state index contributed by atoms with van der Waals surface area (Å²) in [5.41, 5.74) is 1.50. The van der Waals surface area contributed by atoms with Gasteiger partial charge in [-0.2, -0.15) is 0 Å². The lowest BCUT2D eigenvalue weighted by Crippen LogP contribution is -2.37. The normalized spacial score (nSPS) is 11.1. The molecular weight excluding hydrogens is 504 g/mol. The summed E-state index contributed by atoms with van der Waals surface area (Å²) in [5, 5.41) is 11.0. The van der Waals surface area contributed by atoms with E-state index in [0.717, 1.165) is 21.9 Å². The number of hydrogen-bond donors (Lipinski definition) is 1. The first kappa shape index (κ1) is 24.7. The fraction of sp³-hybridized carbons (Fsp3) is 0.125. The largest absolute Gasteiger partial charge is 0.457 e. The molecule has 0 aliphatic rings. The van der Waals surface area contributed by atoms with Crippen molar-refractivity contribution in [2.24, 2.45) is 0 Å². The first-order valence-corrected chi connectivity index (χ1v) is 14.1. The van der Waals surface area contributed by atoms with E-state index in [1.165, 1.54) is 23.1 Å². The molecule has 11 heteroatoms. The van der Waals surface area contributed by atoms with Gasteiger partial charge in [0.1, 0.15) is 18.0 Å². The number of ether oxygens (including phenoxy) is 1. The number of hydrogen-bond acceptors (Lipinski definition) is 8. The Morgan fingerprint density at radius 3 is 2.23 bits per heavy atom. The average molecular weight is 527 g/mol. The Balaban J connectivity index is 1.37. The maximum atomic E-state index is 12.6. The molecule has 4 rings (SSSR count). The zero-order valence-corrected chi connectivity index (χ0v) is 21.1. The van der Waals surface area contributed by atoms with Gasteiger partial charge >= 0.3 is 0 Å². The quantitative estimate of drug-likeness (QED) is 0.228. The molecule has 35 heavy (non-hydrogen) atoms. The van der Waals surface area contributed by atoms with Gasteiger partial charge in [-0.1, -0.05) is 71.6 Å². The molecule has 0 aliphatic heterocycles. The minimum Gasteiger partial charge on any atom is -0.457 e. The van der Waals surface area contributed by atoms with Crippen molar-refractivity contribution in [2.75, 3.05) is 22.4 Å². The van der Waals surface area contributed by atoms with Crippen LogP contribution in [0.15, 0.2) is 89.3 Å². The standard InChI is InChI=1S/C24H22N4O4S3/c1-35(30,31)28(19-12-14-21(15-13-19)32-20-10-6-3-7-11-20)16-22(29)25-23-26-27-24(34-23)33-17-18-8-4-2-5-9-18/h2-15H,16-17H2,1H3,(H,25,26,29). The Labute approximate surface area is 212 Å². The number of para-hydroxylation sites is 1. The molecule has 0 bridgehead atoms. The van der Waals surface area contributed by atoms with Crippen molar-refractivity contribution in [3.63, 3.8) is 0 Å². The van der Waals surface area contributed by atoms with E-state index in [-0.39, 0.29) is 0 Å². The molecule has 0 fully saturated rings. The minimum atomic E-state index is -3.72. The summed E-state index contributed by atoms with van der Waals surface area (Å²) < 4.78 is 32.3. The van der Waals surface area contributed by atoms with E-state index >= 15 is 0 Å². The number of nitrogens with zero attached hydrogens (tertiary/aromatic N) is 3. The van der Waals surface area contributed by atoms with Gasteiger partial charge in [-0.3, -0.25) is 14.4 Å². The maximum absolute atomic E-state index is 12.6. The molecule has 1 N–H and O–H groups in total. The van der Waals surface area contributed by atoms with E-state index in [4.69, 9.17) is 4.74 Å². The van der Waals surface area contributed by atoms with Crippen LogP contribution in [0.5, 0.6) is 11.5 Å². The summed E-state index contributed by atoms with van der Waals surface area (Å²) in [5.74, 6) is 1.43. The van der Waals surface area contributed by atoms with Crippen molar-refractivity contribution in [1.82, 2.24) is 10.2 Å². The van der Waals surface area contributed by atoms with E-state index in [1.807, 2.05) is 60.7 Å². The van der Waals surface area contributed by atoms with Crippen LogP contribution in [-0.2, 0) is 20.6 Å². The third-order valence-corrected chi connectivity index (χ3v) is 7.83. The van der Waals surface area contributed by atoms with Crippen LogP contribution in [0.2, 0.25) is 0 Å². The lowest BCUT2D eigenvalue weighted by molar-refractivity contribution is -0.114. The monoisotopic (exact) mass is 526 g/mol. The number of thioether (sulfide) groups is 1. The highest BCUT2D eigenvalue weighted by Crippen LogP contribution is 2.29. The Hall–Kier alpha value is -3.41. The van der Waals surface area contributed by atoms with E-state index in [0.29, 0.717) is 26.7 Å². The van der Waals surface area contributed by atoms with Gasteiger partial charge in [0, 0.05) is 5.75 Å².